The molecule has 1 N–H and O–H groups in total. The van der Waals surface area contributed by atoms with Crippen molar-refractivity contribution in [1.29, 1.82) is 0 Å². The van der Waals surface area contributed by atoms with Crippen LogP contribution in [0.25, 0.3) is 0 Å². The molecule has 1 amide bonds. The van der Waals surface area contributed by atoms with E-state index in [0.29, 0.717) is 23.0 Å². The molecule has 1 unspecified atom stereocenters. The molecule has 0 aromatic heterocycles. The van der Waals surface area contributed by atoms with E-state index in [0.717, 1.165) is 42.2 Å². The number of rotatable bonds is 6. The van der Waals surface area contributed by atoms with Gasteiger partial charge in [-0.15, -0.1) is 0 Å². The normalized spacial score (nSPS) is 17.6. The Kier molecular flexibility index (Phi) is 6.92. The summed E-state index contributed by atoms with van der Waals surface area (Å²) in [7, 11) is -3.61. The number of nitrogens with one attached hydrogen (secondary N) is 1. The van der Waals surface area contributed by atoms with Gasteiger partial charge in [-0.3, -0.25) is 14.0 Å². The van der Waals surface area contributed by atoms with Crippen LogP contribution in [0.3, 0.4) is 0 Å². The van der Waals surface area contributed by atoms with Crippen molar-refractivity contribution in [2.75, 3.05) is 23.7 Å². The van der Waals surface area contributed by atoms with Crippen molar-refractivity contribution in [3.8, 4) is 5.75 Å². The molecule has 2 aliphatic rings. The summed E-state index contributed by atoms with van der Waals surface area (Å²) in [5, 5.41) is 3.26. The van der Waals surface area contributed by atoms with E-state index in [-0.39, 0.29) is 12.5 Å². The maximum Gasteiger partial charge on any atom is 0.263 e. The van der Waals surface area contributed by atoms with Crippen LogP contribution in [-0.4, -0.2) is 44.7 Å². The number of halogens is 1. The average Bonchev–Trinajstić information content (AvgIpc) is 2.87. The molecule has 1 atom stereocenters. The van der Waals surface area contributed by atoms with E-state index >= 15 is 0 Å². The summed E-state index contributed by atoms with van der Waals surface area (Å²) >= 11 is 6.04. The molecule has 0 spiro atoms. The number of carbonyl (C=O) groups excluding carboxylic acids is 1. The number of carbonyl (C=O) groups is 1. The van der Waals surface area contributed by atoms with Gasteiger partial charge in [0.25, 0.3) is 5.91 Å². The van der Waals surface area contributed by atoms with Crippen molar-refractivity contribution in [3.05, 3.63) is 94.0 Å². The number of hydrogen-bond donors (Lipinski definition) is 1. The Labute approximate surface area is 216 Å². The second-order valence-corrected chi connectivity index (χ2v) is 11.6. The van der Waals surface area contributed by atoms with Crippen LogP contribution in [-0.2, 0) is 40.9 Å². The van der Waals surface area contributed by atoms with Crippen LogP contribution in [0, 0.1) is 0 Å². The minimum absolute atomic E-state index is 0.115. The first-order valence-electron chi connectivity index (χ1n) is 11.8. The third kappa shape index (κ3) is 5.51. The number of benzene rings is 3. The minimum Gasteiger partial charge on any atom is -0.476 e. The smallest absolute Gasteiger partial charge is 0.263 e. The van der Waals surface area contributed by atoms with Gasteiger partial charge in [0.15, 0.2) is 6.10 Å². The number of hydrogen-bond acceptors (Lipinski definition) is 5. The molecule has 0 radical (unpaired) electrons. The Morgan fingerprint density at radius 2 is 1.78 bits per heavy atom. The predicted octanol–water partition coefficient (Wildman–Crippen LogP) is 3.74. The third-order valence-corrected chi connectivity index (χ3v) is 7.97. The second-order valence-electron chi connectivity index (χ2n) is 9.28. The summed E-state index contributed by atoms with van der Waals surface area (Å²) in [5.74, 6) is -0.0683. The average molecular weight is 526 g/mol. The Balaban J connectivity index is 1.18. The van der Waals surface area contributed by atoms with Gasteiger partial charge in [0, 0.05) is 31.2 Å². The highest BCUT2D eigenvalue weighted by molar-refractivity contribution is 7.92. The summed E-state index contributed by atoms with van der Waals surface area (Å²) in [4.78, 5) is 15.3. The first kappa shape index (κ1) is 24.6. The molecule has 0 saturated carbocycles. The number of nitrogens with zero attached hydrogens (tertiary/aromatic N) is 2. The fraction of sp³-hybridized carbons (Fsp3) is 0.296. The van der Waals surface area contributed by atoms with E-state index in [1.54, 1.807) is 12.1 Å². The van der Waals surface area contributed by atoms with Crippen molar-refractivity contribution in [1.82, 2.24) is 10.2 Å². The molecule has 0 fully saturated rings. The van der Waals surface area contributed by atoms with Crippen LogP contribution in [0.15, 0.2) is 66.7 Å². The molecule has 3 aromatic rings. The zero-order valence-corrected chi connectivity index (χ0v) is 21.6. The molecule has 5 rings (SSSR count). The lowest BCUT2D eigenvalue weighted by Crippen LogP contribution is -2.50. The van der Waals surface area contributed by atoms with Crippen molar-refractivity contribution in [2.45, 2.75) is 32.2 Å². The van der Waals surface area contributed by atoms with Gasteiger partial charge in [0.2, 0.25) is 10.0 Å². The zero-order valence-electron chi connectivity index (χ0n) is 20.0. The number of anilines is 1. The van der Waals surface area contributed by atoms with Gasteiger partial charge in [-0.1, -0.05) is 60.1 Å². The molecule has 2 aliphatic heterocycles. The molecule has 3 aromatic carbocycles. The van der Waals surface area contributed by atoms with Crippen LogP contribution in [0.5, 0.6) is 5.75 Å². The monoisotopic (exact) mass is 525 g/mol. The Morgan fingerprint density at radius 1 is 1.06 bits per heavy atom. The van der Waals surface area contributed by atoms with E-state index in [1.807, 2.05) is 12.1 Å². The molecule has 188 valence electrons. The van der Waals surface area contributed by atoms with Crippen molar-refractivity contribution in [2.24, 2.45) is 0 Å². The quantitative estimate of drug-likeness (QED) is 0.530. The topological polar surface area (TPSA) is 79.0 Å². The van der Waals surface area contributed by atoms with Crippen LogP contribution in [0.1, 0.15) is 22.3 Å². The number of ether oxygens (including phenoxy) is 1. The van der Waals surface area contributed by atoms with Gasteiger partial charge < -0.3 is 10.1 Å². The van der Waals surface area contributed by atoms with Gasteiger partial charge >= 0.3 is 0 Å². The number of amides is 1. The zero-order chi connectivity index (χ0) is 25.3. The van der Waals surface area contributed by atoms with Gasteiger partial charge in [0.05, 0.1) is 18.5 Å². The summed E-state index contributed by atoms with van der Waals surface area (Å²) in [5.41, 5.74) is 5.35. The first-order chi connectivity index (χ1) is 17.3. The van der Waals surface area contributed by atoms with Crippen LogP contribution >= 0.6 is 11.6 Å². The van der Waals surface area contributed by atoms with Gasteiger partial charge in [-0.25, -0.2) is 8.42 Å². The van der Waals surface area contributed by atoms with Crippen LogP contribution in [0.4, 0.5) is 5.69 Å². The molecular formula is C27H28ClN3O4S. The Morgan fingerprint density at radius 3 is 2.53 bits per heavy atom. The van der Waals surface area contributed by atoms with Crippen molar-refractivity contribution < 1.29 is 17.9 Å². The minimum atomic E-state index is -3.61. The molecular weight excluding hydrogens is 498 g/mol. The molecule has 36 heavy (non-hydrogen) atoms. The van der Waals surface area contributed by atoms with Gasteiger partial charge in [-0.2, -0.15) is 0 Å². The lowest BCUT2D eigenvalue weighted by atomic mass is 9.99. The third-order valence-electron chi connectivity index (χ3n) is 6.59. The largest absolute Gasteiger partial charge is 0.476 e. The summed E-state index contributed by atoms with van der Waals surface area (Å²) in [6, 6.07) is 21.5. The molecule has 0 saturated heterocycles. The van der Waals surface area contributed by atoms with Crippen molar-refractivity contribution in [3.63, 3.8) is 0 Å². The highest BCUT2D eigenvalue weighted by Gasteiger charge is 2.35. The van der Waals surface area contributed by atoms with Crippen LogP contribution < -0.4 is 14.4 Å². The van der Waals surface area contributed by atoms with E-state index < -0.39 is 16.1 Å². The standard InChI is InChI=1S/C27H28ClN3O4S/c1-36(33,34)31-18-26(35-25-11-10-23(28)14-24(25)31)27(32)29-15-19-6-8-20(9-7-19)16-30-13-12-21-4-2-3-5-22(21)17-30/h2-11,14,26H,12-13,15-18H2,1H3,(H,29,32). The number of sulfonamides is 1. The molecule has 0 aliphatic carbocycles. The van der Waals surface area contributed by atoms with Crippen LogP contribution in [0.2, 0.25) is 5.02 Å². The van der Waals surface area contributed by atoms with E-state index in [9.17, 15) is 13.2 Å². The Hall–Kier alpha value is -3.07. The second kappa shape index (κ2) is 10.1. The predicted molar refractivity (Wildman–Crippen MR) is 141 cm³/mol. The molecule has 9 heteroatoms. The van der Waals surface area contributed by atoms with Gasteiger partial charge in [-0.05, 0) is 46.9 Å². The molecule has 0 bridgehead atoms. The lowest BCUT2D eigenvalue weighted by molar-refractivity contribution is -0.127. The summed E-state index contributed by atoms with van der Waals surface area (Å²) in [6.45, 7) is 3.07. The summed E-state index contributed by atoms with van der Waals surface area (Å²) in [6.07, 6.45) is 1.20. The first-order valence-corrected chi connectivity index (χ1v) is 14.1. The Bertz CT molecular complexity index is 1380. The maximum atomic E-state index is 12.9. The van der Waals surface area contributed by atoms with Gasteiger partial charge in [0.1, 0.15) is 5.75 Å². The SMILES string of the molecule is CS(=O)(=O)N1CC(C(=O)NCc2ccc(CN3CCc4ccccc4C3)cc2)Oc2ccc(Cl)cc21. The maximum absolute atomic E-state index is 12.9. The van der Waals surface area contributed by atoms with E-state index in [1.165, 1.54) is 22.8 Å². The summed E-state index contributed by atoms with van der Waals surface area (Å²) < 4.78 is 31.6. The lowest BCUT2D eigenvalue weighted by Gasteiger charge is -2.34. The fourth-order valence-electron chi connectivity index (χ4n) is 4.69. The van der Waals surface area contributed by atoms with E-state index in [2.05, 4.69) is 46.6 Å². The fourth-order valence-corrected chi connectivity index (χ4v) is 5.76. The highest BCUT2D eigenvalue weighted by Crippen LogP contribution is 2.37. The van der Waals surface area contributed by atoms with E-state index in [4.69, 9.17) is 16.3 Å². The highest BCUT2D eigenvalue weighted by atomic mass is 35.5. The molecule has 7 nitrogen and oxygen atoms in total. The number of fused-ring (bicyclic) bond motifs is 2. The van der Waals surface area contributed by atoms with Crippen molar-refractivity contribution >= 4 is 33.2 Å². The molecule has 2 heterocycles.